The number of ether oxygens (including phenoxy) is 1. The van der Waals surface area contributed by atoms with Crippen LogP contribution in [0.4, 0.5) is 5.82 Å². The van der Waals surface area contributed by atoms with Crippen molar-refractivity contribution < 1.29 is 4.74 Å². The van der Waals surface area contributed by atoms with E-state index in [-0.39, 0.29) is 34.8 Å². The van der Waals surface area contributed by atoms with Gasteiger partial charge in [0.05, 0.1) is 19.3 Å². The first-order chi connectivity index (χ1) is 12.4. The number of halogens is 1. The Morgan fingerprint density at radius 3 is 2.89 bits per heavy atom. The second-order valence-corrected chi connectivity index (χ2v) is 8.68. The Hall–Kier alpha value is -0.740. The lowest BCUT2D eigenvalue weighted by Gasteiger charge is -2.32. The molecule has 0 aliphatic carbocycles. The van der Waals surface area contributed by atoms with Crippen molar-refractivity contribution in [3.63, 3.8) is 0 Å². The van der Waals surface area contributed by atoms with Crippen LogP contribution in [0.5, 0.6) is 0 Å². The fourth-order valence-electron chi connectivity index (χ4n) is 2.64. The number of hydrogen-bond acceptors (Lipinski definition) is 5. The number of aliphatic imine (C=N–C) groups is 1. The van der Waals surface area contributed by atoms with Gasteiger partial charge in [0.1, 0.15) is 5.82 Å². The number of nitrogens with zero attached hydrogens (tertiary/aromatic N) is 3. The molecular weight excluding hydrogens is 473 g/mol. The number of nitrogens with one attached hydrogen (secondary N) is 2. The van der Waals surface area contributed by atoms with E-state index in [1.165, 1.54) is 0 Å². The Labute approximate surface area is 185 Å². The Balaban J connectivity index is 0.00000364. The lowest BCUT2D eigenvalue weighted by atomic mass is 10.2. The van der Waals surface area contributed by atoms with Crippen molar-refractivity contribution in [3.8, 4) is 0 Å². The van der Waals surface area contributed by atoms with Gasteiger partial charge >= 0.3 is 0 Å². The first kappa shape index (κ1) is 24.3. The molecule has 2 N–H and O–H groups in total. The summed E-state index contributed by atoms with van der Waals surface area (Å²) in [7, 11) is 0. The van der Waals surface area contributed by atoms with Gasteiger partial charge in [-0.1, -0.05) is 0 Å². The highest BCUT2D eigenvalue weighted by atomic mass is 127. The average molecular weight is 507 g/mol. The summed E-state index contributed by atoms with van der Waals surface area (Å²) in [4.78, 5) is 11.5. The number of morpholine rings is 1. The van der Waals surface area contributed by atoms with Crippen molar-refractivity contribution in [2.45, 2.75) is 45.1 Å². The molecule has 0 aromatic carbocycles. The van der Waals surface area contributed by atoms with Crippen LogP contribution in [-0.4, -0.2) is 60.8 Å². The van der Waals surface area contributed by atoms with Gasteiger partial charge in [-0.15, -0.1) is 24.0 Å². The highest BCUT2D eigenvalue weighted by molar-refractivity contribution is 14.0. The smallest absolute Gasteiger partial charge is 0.191 e. The normalized spacial score (nSPS) is 18.0. The minimum atomic E-state index is 0. The van der Waals surface area contributed by atoms with E-state index < -0.39 is 0 Å². The first-order valence-corrected chi connectivity index (χ1v) is 10.5. The molecule has 6 nitrogen and oxygen atoms in total. The first-order valence-electron chi connectivity index (χ1n) is 9.32. The predicted octanol–water partition coefficient (Wildman–Crippen LogP) is 3.12. The molecule has 1 aliphatic heterocycles. The van der Waals surface area contributed by atoms with E-state index in [2.05, 4.69) is 60.5 Å². The minimum absolute atomic E-state index is 0. The van der Waals surface area contributed by atoms with Crippen LogP contribution in [0.3, 0.4) is 0 Å². The fourth-order valence-corrected chi connectivity index (χ4v) is 2.86. The van der Waals surface area contributed by atoms with Gasteiger partial charge in [-0.2, -0.15) is 11.8 Å². The average Bonchev–Trinajstić information content (AvgIpc) is 2.64. The van der Waals surface area contributed by atoms with Crippen LogP contribution in [0, 0.1) is 0 Å². The lowest BCUT2D eigenvalue weighted by Crippen LogP contribution is -2.43. The molecule has 27 heavy (non-hydrogen) atoms. The quantitative estimate of drug-likeness (QED) is 0.336. The number of aromatic nitrogens is 1. The Morgan fingerprint density at radius 1 is 1.44 bits per heavy atom. The zero-order chi connectivity index (χ0) is 19.0. The molecule has 1 unspecified atom stereocenters. The summed E-state index contributed by atoms with van der Waals surface area (Å²) in [6.45, 7) is 13.5. The van der Waals surface area contributed by atoms with Gasteiger partial charge in [0, 0.05) is 37.1 Å². The summed E-state index contributed by atoms with van der Waals surface area (Å²) < 4.78 is 5.79. The molecule has 1 saturated heterocycles. The maximum atomic E-state index is 5.62. The van der Waals surface area contributed by atoms with Gasteiger partial charge in [0.25, 0.3) is 0 Å². The van der Waals surface area contributed by atoms with Gasteiger partial charge < -0.3 is 20.3 Å². The van der Waals surface area contributed by atoms with Gasteiger partial charge in [0.15, 0.2) is 5.96 Å². The number of guanidine groups is 1. The van der Waals surface area contributed by atoms with Crippen LogP contribution in [0.25, 0.3) is 0 Å². The third-order valence-electron chi connectivity index (χ3n) is 4.37. The molecule has 0 radical (unpaired) electrons. The zero-order valence-corrected chi connectivity index (χ0v) is 20.3. The van der Waals surface area contributed by atoms with Crippen LogP contribution < -0.4 is 15.5 Å². The van der Waals surface area contributed by atoms with E-state index in [0.29, 0.717) is 6.54 Å². The third-order valence-corrected chi connectivity index (χ3v) is 5.62. The van der Waals surface area contributed by atoms with Gasteiger partial charge in [0.2, 0.25) is 0 Å². The Kier molecular flexibility index (Phi) is 10.8. The zero-order valence-electron chi connectivity index (χ0n) is 17.1. The summed E-state index contributed by atoms with van der Waals surface area (Å²) in [6, 6.07) is 4.17. The summed E-state index contributed by atoms with van der Waals surface area (Å²) >= 11 is 1.85. The molecule has 2 heterocycles. The van der Waals surface area contributed by atoms with Crippen molar-refractivity contribution in [2.75, 3.05) is 43.9 Å². The monoisotopic (exact) mass is 507 g/mol. The van der Waals surface area contributed by atoms with E-state index in [0.717, 1.165) is 50.1 Å². The molecule has 1 aromatic rings. The van der Waals surface area contributed by atoms with Crippen molar-refractivity contribution in [1.82, 2.24) is 15.6 Å². The van der Waals surface area contributed by atoms with Crippen LogP contribution in [0.15, 0.2) is 23.3 Å². The molecular formula is C19H34IN5OS. The summed E-state index contributed by atoms with van der Waals surface area (Å²) in [5.74, 6) is 1.86. The molecule has 1 aliphatic rings. The predicted molar refractivity (Wildman–Crippen MR) is 128 cm³/mol. The SMILES string of the molecule is CCNC(=NCc1ccnc(N2CCOC(C)C2)c1)NCC(C)(C)SC.I. The minimum Gasteiger partial charge on any atom is -0.375 e. The number of rotatable bonds is 7. The maximum absolute atomic E-state index is 5.62. The molecule has 0 saturated carbocycles. The topological polar surface area (TPSA) is 61.8 Å². The van der Waals surface area contributed by atoms with Gasteiger partial charge in [-0.3, -0.25) is 0 Å². The lowest BCUT2D eigenvalue weighted by molar-refractivity contribution is 0.0529. The van der Waals surface area contributed by atoms with Gasteiger partial charge in [-0.25, -0.2) is 9.98 Å². The van der Waals surface area contributed by atoms with E-state index in [1.807, 2.05) is 24.0 Å². The second-order valence-electron chi connectivity index (χ2n) is 7.16. The van der Waals surface area contributed by atoms with Crippen molar-refractivity contribution >= 4 is 47.5 Å². The molecule has 1 aromatic heterocycles. The summed E-state index contributed by atoms with van der Waals surface area (Å²) in [5.41, 5.74) is 1.16. The molecule has 0 bridgehead atoms. The molecule has 1 atom stereocenters. The largest absolute Gasteiger partial charge is 0.375 e. The van der Waals surface area contributed by atoms with Crippen LogP contribution in [0.2, 0.25) is 0 Å². The number of pyridine rings is 1. The number of anilines is 1. The molecule has 154 valence electrons. The molecule has 8 heteroatoms. The van der Waals surface area contributed by atoms with Crippen LogP contribution >= 0.6 is 35.7 Å². The van der Waals surface area contributed by atoms with Crippen LogP contribution in [-0.2, 0) is 11.3 Å². The number of hydrogen-bond donors (Lipinski definition) is 2. The maximum Gasteiger partial charge on any atom is 0.191 e. The summed E-state index contributed by atoms with van der Waals surface area (Å²) in [5, 5.41) is 6.76. The van der Waals surface area contributed by atoms with Crippen molar-refractivity contribution in [2.24, 2.45) is 4.99 Å². The van der Waals surface area contributed by atoms with Gasteiger partial charge in [-0.05, 0) is 51.6 Å². The molecule has 2 rings (SSSR count). The van der Waals surface area contributed by atoms with Crippen molar-refractivity contribution in [3.05, 3.63) is 23.9 Å². The number of thioether (sulfide) groups is 1. The Morgan fingerprint density at radius 2 is 2.22 bits per heavy atom. The third kappa shape index (κ3) is 8.43. The molecule has 0 spiro atoms. The van der Waals surface area contributed by atoms with Crippen molar-refractivity contribution in [1.29, 1.82) is 0 Å². The van der Waals surface area contributed by atoms with E-state index in [9.17, 15) is 0 Å². The van der Waals surface area contributed by atoms with E-state index in [1.54, 1.807) is 0 Å². The molecule has 0 amide bonds. The molecule has 1 fully saturated rings. The van der Waals surface area contributed by atoms with Crippen LogP contribution in [0.1, 0.15) is 33.3 Å². The summed E-state index contributed by atoms with van der Waals surface area (Å²) in [6.07, 6.45) is 4.25. The standard InChI is InChI=1S/C19H33N5OS.HI/c1-6-20-18(23-14-19(3,4)26-5)22-12-16-7-8-21-17(11-16)24-9-10-25-15(2)13-24;/h7-8,11,15H,6,9-10,12-14H2,1-5H3,(H2,20,22,23);1H. The second kappa shape index (κ2) is 12.0. The van der Waals surface area contributed by atoms with E-state index >= 15 is 0 Å². The fraction of sp³-hybridized carbons (Fsp3) is 0.684. The highest BCUT2D eigenvalue weighted by Crippen LogP contribution is 2.19. The Bertz CT molecular complexity index is 599. The highest BCUT2D eigenvalue weighted by Gasteiger charge is 2.18. The van der Waals surface area contributed by atoms with E-state index in [4.69, 9.17) is 9.73 Å².